The molecule has 2 heterocycles. The van der Waals surface area contributed by atoms with Crippen molar-refractivity contribution in [2.45, 2.75) is 56.9 Å². The molecule has 1 amide bonds. The van der Waals surface area contributed by atoms with Crippen LogP contribution in [-0.2, 0) is 4.79 Å². The Balaban J connectivity index is 1.72. The Labute approximate surface area is 154 Å². The highest BCUT2D eigenvalue weighted by atomic mass is 16.5. The summed E-state index contributed by atoms with van der Waals surface area (Å²) in [6.07, 6.45) is 16.3. The number of nitrogens with one attached hydrogen (secondary N) is 3. The monoisotopic (exact) mass is 359 g/mol. The van der Waals surface area contributed by atoms with Crippen LogP contribution in [0.5, 0.6) is 0 Å². The molecule has 1 saturated carbocycles. The van der Waals surface area contributed by atoms with Crippen LogP contribution in [0.25, 0.3) is 6.08 Å². The van der Waals surface area contributed by atoms with E-state index in [1.54, 1.807) is 17.9 Å². The number of carbonyl (C=O) groups is 1. The van der Waals surface area contributed by atoms with E-state index in [4.69, 9.17) is 5.21 Å². The summed E-state index contributed by atoms with van der Waals surface area (Å²) >= 11 is 0. The minimum absolute atomic E-state index is 0.0470. The first-order valence-corrected chi connectivity index (χ1v) is 9.65. The molecule has 3 rings (SSSR count). The van der Waals surface area contributed by atoms with Crippen LogP contribution < -0.4 is 16.1 Å². The fourth-order valence-corrected chi connectivity index (χ4v) is 4.26. The molecule has 1 aromatic rings. The standard InChI is InChI=1S/C19H29N5O2/c25-18(24-26)9-8-16-12-22-17(13-21-16)23-19(10-5-11-20-14-19)15-6-3-1-2-4-7-15/h8-9,12-13,15,20,26H,1-7,10-11,14H2,(H,22,23)(H,24,25)/b9-8+/t19-/m0/s1. The molecule has 0 bridgehead atoms. The molecule has 26 heavy (non-hydrogen) atoms. The van der Waals surface area contributed by atoms with E-state index in [1.165, 1.54) is 57.1 Å². The van der Waals surface area contributed by atoms with Gasteiger partial charge in [-0.3, -0.25) is 15.0 Å². The molecule has 4 N–H and O–H groups in total. The lowest BCUT2D eigenvalue weighted by molar-refractivity contribution is -0.124. The Bertz CT molecular complexity index is 603. The van der Waals surface area contributed by atoms with Gasteiger partial charge in [-0.25, -0.2) is 10.5 Å². The minimum Gasteiger partial charge on any atom is -0.362 e. The van der Waals surface area contributed by atoms with Crippen molar-refractivity contribution in [3.8, 4) is 0 Å². The summed E-state index contributed by atoms with van der Waals surface area (Å²) in [6, 6.07) is 0. The van der Waals surface area contributed by atoms with E-state index in [9.17, 15) is 4.79 Å². The summed E-state index contributed by atoms with van der Waals surface area (Å²) in [6.45, 7) is 2.05. The maximum absolute atomic E-state index is 11.0. The molecule has 1 aliphatic heterocycles. The topological polar surface area (TPSA) is 99.2 Å². The predicted octanol–water partition coefficient (Wildman–Crippen LogP) is 2.50. The number of anilines is 1. The van der Waals surface area contributed by atoms with Crippen molar-refractivity contribution in [2.75, 3.05) is 18.4 Å². The molecule has 0 unspecified atom stereocenters. The van der Waals surface area contributed by atoms with Crippen LogP contribution in [0.4, 0.5) is 5.82 Å². The van der Waals surface area contributed by atoms with Crippen LogP contribution in [0.15, 0.2) is 18.5 Å². The highest BCUT2D eigenvalue weighted by molar-refractivity contribution is 5.90. The van der Waals surface area contributed by atoms with Crippen molar-refractivity contribution in [1.82, 2.24) is 20.8 Å². The normalized spacial score (nSPS) is 25.0. The van der Waals surface area contributed by atoms with Crippen molar-refractivity contribution < 1.29 is 10.0 Å². The lowest BCUT2D eigenvalue weighted by atomic mass is 9.74. The third kappa shape index (κ3) is 4.80. The first-order valence-electron chi connectivity index (χ1n) is 9.65. The van der Waals surface area contributed by atoms with Crippen LogP contribution >= 0.6 is 0 Å². The first kappa shape index (κ1) is 18.8. The van der Waals surface area contributed by atoms with Crippen LogP contribution in [0, 0.1) is 5.92 Å². The molecule has 2 aliphatic rings. The maximum atomic E-state index is 11.0. The second-order valence-corrected chi connectivity index (χ2v) is 7.39. The molecule has 7 nitrogen and oxygen atoms in total. The lowest BCUT2D eigenvalue weighted by Crippen LogP contribution is -2.56. The van der Waals surface area contributed by atoms with E-state index >= 15 is 0 Å². The zero-order valence-electron chi connectivity index (χ0n) is 15.2. The summed E-state index contributed by atoms with van der Waals surface area (Å²) in [5.74, 6) is 0.851. The smallest absolute Gasteiger partial charge is 0.267 e. The Hall–Kier alpha value is -1.99. The predicted molar refractivity (Wildman–Crippen MR) is 101 cm³/mol. The van der Waals surface area contributed by atoms with E-state index in [-0.39, 0.29) is 5.54 Å². The molecule has 1 aliphatic carbocycles. The van der Waals surface area contributed by atoms with Crippen molar-refractivity contribution in [2.24, 2.45) is 5.92 Å². The second kappa shape index (κ2) is 9.09. The maximum Gasteiger partial charge on any atom is 0.267 e. The number of hydrogen-bond donors (Lipinski definition) is 4. The number of hydroxylamine groups is 1. The molecular formula is C19H29N5O2. The van der Waals surface area contributed by atoms with Crippen LogP contribution in [-0.4, -0.2) is 39.7 Å². The van der Waals surface area contributed by atoms with E-state index in [0.717, 1.165) is 25.3 Å². The molecule has 7 heteroatoms. The third-order valence-corrected chi connectivity index (χ3v) is 5.62. The number of carbonyl (C=O) groups excluding carboxylic acids is 1. The van der Waals surface area contributed by atoms with Gasteiger partial charge in [0.2, 0.25) is 0 Å². The van der Waals surface area contributed by atoms with Gasteiger partial charge in [-0.05, 0) is 44.2 Å². The van der Waals surface area contributed by atoms with E-state index in [1.807, 2.05) is 0 Å². The van der Waals surface area contributed by atoms with Crippen LogP contribution in [0.1, 0.15) is 57.1 Å². The van der Waals surface area contributed by atoms with Crippen molar-refractivity contribution in [3.63, 3.8) is 0 Å². The quantitative estimate of drug-likeness (QED) is 0.279. The zero-order valence-corrected chi connectivity index (χ0v) is 15.2. The molecule has 1 saturated heterocycles. The highest BCUT2D eigenvalue weighted by Crippen LogP contribution is 2.37. The molecule has 0 spiro atoms. The molecule has 2 fully saturated rings. The van der Waals surface area contributed by atoms with Gasteiger partial charge in [0, 0.05) is 12.6 Å². The number of aromatic nitrogens is 2. The van der Waals surface area contributed by atoms with Crippen molar-refractivity contribution in [3.05, 3.63) is 24.2 Å². The van der Waals surface area contributed by atoms with Crippen molar-refractivity contribution in [1.29, 1.82) is 0 Å². The SMILES string of the molecule is O=C(/C=C/c1cnc(N[C@@]2(C3CCCCCC3)CCCNC2)cn1)NO. The number of amides is 1. The lowest BCUT2D eigenvalue weighted by Gasteiger charge is -2.45. The summed E-state index contributed by atoms with van der Waals surface area (Å²) < 4.78 is 0. The second-order valence-electron chi connectivity index (χ2n) is 7.39. The number of hydrogen-bond acceptors (Lipinski definition) is 6. The first-order chi connectivity index (χ1) is 12.7. The van der Waals surface area contributed by atoms with E-state index in [2.05, 4.69) is 20.6 Å². The summed E-state index contributed by atoms with van der Waals surface area (Å²) in [5, 5.41) is 15.8. The number of rotatable bonds is 5. The summed E-state index contributed by atoms with van der Waals surface area (Å²) in [7, 11) is 0. The Morgan fingerprint density at radius 1 is 1.19 bits per heavy atom. The molecule has 0 radical (unpaired) electrons. The number of piperidine rings is 1. The molecule has 142 valence electrons. The van der Waals surface area contributed by atoms with Gasteiger partial charge in [0.05, 0.1) is 23.6 Å². The molecule has 1 atom stereocenters. The number of nitrogens with zero attached hydrogens (tertiary/aromatic N) is 2. The van der Waals surface area contributed by atoms with E-state index in [0.29, 0.717) is 11.6 Å². The van der Waals surface area contributed by atoms with Crippen LogP contribution in [0.2, 0.25) is 0 Å². The highest BCUT2D eigenvalue weighted by Gasteiger charge is 2.40. The molecular weight excluding hydrogens is 330 g/mol. The van der Waals surface area contributed by atoms with Gasteiger partial charge in [-0.15, -0.1) is 0 Å². The van der Waals surface area contributed by atoms with Gasteiger partial charge < -0.3 is 10.6 Å². The van der Waals surface area contributed by atoms with Crippen molar-refractivity contribution >= 4 is 17.8 Å². The fourth-order valence-electron chi connectivity index (χ4n) is 4.26. The third-order valence-electron chi connectivity index (χ3n) is 5.62. The largest absolute Gasteiger partial charge is 0.362 e. The molecule has 1 aromatic heterocycles. The Morgan fingerprint density at radius 3 is 2.62 bits per heavy atom. The van der Waals surface area contributed by atoms with Gasteiger partial charge in [0.1, 0.15) is 5.82 Å². The summed E-state index contributed by atoms with van der Waals surface area (Å²) in [4.78, 5) is 19.9. The van der Waals surface area contributed by atoms with Crippen LogP contribution in [0.3, 0.4) is 0 Å². The molecule has 0 aromatic carbocycles. The van der Waals surface area contributed by atoms with Gasteiger partial charge in [-0.2, -0.15) is 0 Å². The van der Waals surface area contributed by atoms with E-state index < -0.39 is 5.91 Å². The average molecular weight is 359 g/mol. The fraction of sp³-hybridized carbons (Fsp3) is 0.632. The zero-order chi connectivity index (χ0) is 18.2. The van der Waals surface area contributed by atoms with Gasteiger partial charge in [-0.1, -0.05) is 25.7 Å². The summed E-state index contributed by atoms with van der Waals surface area (Å²) in [5.41, 5.74) is 2.17. The van der Waals surface area contributed by atoms with Gasteiger partial charge in [0.15, 0.2) is 0 Å². The van der Waals surface area contributed by atoms with Gasteiger partial charge >= 0.3 is 0 Å². The minimum atomic E-state index is -0.588. The van der Waals surface area contributed by atoms with Gasteiger partial charge in [0.25, 0.3) is 5.91 Å². The Morgan fingerprint density at radius 2 is 2.00 bits per heavy atom. The average Bonchev–Trinajstić information content (AvgIpc) is 2.98. The Kier molecular flexibility index (Phi) is 6.57.